The topological polar surface area (TPSA) is 61.8 Å². The second-order valence-electron chi connectivity index (χ2n) is 7.20. The van der Waals surface area contributed by atoms with Gasteiger partial charge in [-0.15, -0.1) is 0 Å². The van der Waals surface area contributed by atoms with Crippen LogP contribution in [0.25, 0.3) is 0 Å². The fourth-order valence-electron chi connectivity index (χ4n) is 3.78. The maximum absolute atomic E-state index is 12.2. The second-order valence-corrected chi connectivity index (χ2v) is 7.20. The zero-order valence-corrected chi connectivity index (χ0v) is 14.5. The third-order valence-electron chi connectivity index (χ3n) is 5.07. The Kier molecular flexibility index (Phi) is 5.41. The lowest BCUT2D eigenvalue weighted by atomic mass is 10.1. The van der Waals surface area contributed by atoms with E-state index in [0.717, 1.165) is 31.7 Å². The number of nitrogens with one attached hydrogen (secondary N) is 1. The standard InChI is InChI=1S/C19H28N2O3/c1-13(2)19(23)20-15-12-16(24-14-8-4-3-5-9-14)18(22)17(15)21-10-6-7-11-21/h3-5,8-9,13,15-18,22H,6-7,10-12H2,1-2H3,(H,20,23)/t15-,16-,17+,18+/m1/s1. The summed E-state index contributed by atoms with van der Waals surface area (Å²) in [7, 11) is 0. The van der Waals surface area contributed by atoms with E-state index in [1.807, 2.05) is 44.2 Å². The van der Waals surface area contributed by atoms with Crippen molar-refractivity contribution >= 4 is 5.91 Å². The third-order valence-corrected chi connectivity index (χ3v) is 5.07. The fourth-order valence-corrected chi connectivity index (χ4v) is 3.78. The highest BCUT2D eigenvalue weighted by Crippen LogP contribution is 2.31. The molecule has 1 aromatic carbocycles. The highest BCUT2D eigenvalue weighted by Gasteiger charge is 2.47. The number of nitrogens with zero attached hydrogens (tertiary/aromatic N) is 1. The molecule has 3 rings (SSSR count). The van der Waals surface area contributed by atoms with E-state index in [0.29, 0.717) is 6.42 Å². The molecule has 0 bridgehead atoms. The predicted molar refractivity (Wildman–Crippen MR) is 92.8 cm³/mol. The number of amides is 1. The first kappa shape index (κ1) is 17.2. The van der Waals surface area contributed by atoms with Crippen LogP contribution in [0.5, 0.6) is 5.75 Å². The number of ether oxygens (including phenoxy) is 1. The number of hydrogen-bond donors (Lipinski definition) is 2. The number of para-hydroxylation sites is 1. The van der Waals surface area contributed by atoms with Gasteiger partial charge in [-0.1, -0.05) is 32.0 Å². The molecule has 0 radical (unpaired) electrons. The molecule has 1 aromatic rings. The molecule has 1 aliphatic heterocycles. The van der Waals surface area contributed by atoms with Crippen LogP contribution in [0.4, 0.5) is 0 Å². The number of likely N-dealkylation sites (tertiary alicyclic amines) is 1. The highest BCUT2D eigenvalue weighted by molar-refractivity contribution is 5.78. The van der Waals surface area contributed by atoms with Gasteiger partial charge >= 0.3 is 0 Å². The fraction of sp³-hybridized carbons (Fsp3) is 0.632. The Morgan fingerprint density at radius 2 is 1.92 bits per heavy atom. The van der Waals surface area contributed by atoms with Crippen molar-refractivity contribution in [1.82, 2.24) is 10.2 Å². The second kappa shape index (κ2) is 7.53. The average Bonchev–Trinajstić information content (AvgIpc) is 3.17. The van der Waals surface area contributed by atoms with Gasteiger partial charge in [0, 0.05) is 12.3 Å². The van der Waals surface area contributed by atoms with Crippen LogP contribution in [0.15, 0.2) is 30.3 Å². The van der Waals surface area contributed by atoms with Crippen LogP contribution >= 0.6 is 0 Å². The summed E-state index contributed by atoms with van der Waals surface area (Å²) >= 11 is 0. The van der Waals surface area contributed by atoms with Crippen LogP contribution in [-0.4, -0.2) is 53.3 Å². The molecule has 4 atom stereocenters. The minimum atomic E-state index is -0.597. The molecule has 0 spiro atoms. The lowest BCUT2D eigenvalue weighted by Gasteiger charge is -2.32. The van der Waals surface area contributed by atoms with Gasteiger partial charge in [0.1, 0.15) is 18.0 Å². The van der Waals surface area contributed by atoms with Crippen molar-refractivity contribution in [3.8, 4) is 5.75 Å². The Labute approximate surface area is 144 Å². The van der Waals surface area contributed by atoms with Gasteiger partial charge in [0.25, 0.3) is 0 Å². The zero-order valence-electron chi connectivity index (χ0n) is 14.5. The van der Waals surface area contributed by atoms with Crippen molar-refractivity contribution in [3.63, 3.8) is 0 Å². The first-order valence-electron chi connectivity index (χ1n) is 9.00. The summed E-state index contributed by atoms with van der Waals surface area (Å²) < 4.78 is 6.02. The Hall–Kier alpha value is -1.59. The monoisotopic (exact) mass is 332 g/mol. The summed E-state index contributed by atoms with van der Waals surface area (Å²) in [6.07, 6.45) is 2.04. The molecular weight excluding hydrogens is 304 g/mol. The Balaban J connectivity index is 1.74. The SMILES string of the molecule is CC(C)C(=O)N[C@@H]1C[C@@H](Oc2ccccc2)[C@H](O)[C@H]1N1CCCC1. The van der Waals surface area contributed by atoms with Crippen molar-refractivity contribution in [1.29, 1.82) is 0 Å². The van der Waals surface area contributed by atoms with E-state index in [4.69, 9.17) is 4.74 Å². The predicted octanol–water partition coefficient (Wildman–Crippen LogP) is 1.80. The first-order valence-corrected chi connectivity index (χ1v) is 9.00. The summed E-state index contributed by atoms with van der Waals surface area (Å²) in [5, 5.41) is 14.0. The molecule has 1 aliphatic carbocycles. The van der Waals surface area contributed by atoms with Crippen LogP contribution in [0, 0.1) is 5.92 Å². The molecule has 5 heteroatoms. The van der Waals surface area contributed by atoms with E-state index in [9.17, 15) is 9.90 Å². The van der Waals surface area contributed by atoms with Gasteiger partial charge < -0.3 is 15.2 Å². The van der Waals surface area contributed by atoms with Crippen molar-refractivity contribution in [2.75, 3.05) is 13.1 Å². The number of hydrogen-bond acceptors (Lipinski definition) is 4. The lowest BCUT2D eigenvalue weighted by molar-refractivity contribution is -0.125. The molecule has 132 valence electrons. The normalized spacial score (nSPS) is 30.7. The molecule has 1 saturated carbocycles. The molecule has 0 unspecified atom stereocenters. The summed E-state index contributed by atoms with van der Waals surface area (Å²) in [6.45, 7) is 5.74. The van der Waals surface area contributed by atoms with Gasteiger partial charge in [-0.2, -0.15) is 0 Å². The molecule has 2 N–H and O–H groups in total. The summed E-state index contributed by atoms with van der Waals surface area (Å²) in [5.41, 5.74) is 0. The van der Waals surface area contributed by atoms with Gasteiger partial charge in [0.2, 0.25) is 5.91 Å². The van der Waals surface area contributed by atoms with Gasteiger partial charge in [-0.3, -0.25) is 9.69 Å². The van der Waals surface area contributed by atoms with Crippen LogP contribution in [0.1, 0.15) is 33.1 Å². The molecule has 0 aromatic heterocycles. The van der Waals surface area contributed by atoms with Crippen molar-refractivity contribution < 1.29 is 14.6 Å². The average molecular weight is 332 g/mol. The quantitative estimate of drug-likeness (QED) is 0.863. The molecule has 5 nitrogen and oxygen atoms in total. The maximum atomic E-state index is 12.2. The maximum Gasteiger partial charge on any atom is 0.222 e. The number of aliphatic hydroxyl groups is 1. The smallest absolute Gasteiger partial charge is 0.222 e. The van der Waals surface area contributed by atoms with E-state index < -0.39 is 6.10 Å². The van der Waals surface area contributed by atoms with Gasteiger partial charge in [0.15, 0.2) is 0 Å². The minimum Gasteiger partial charge on any atom is -0.488 e. The van der Waals surface area contributed by atoms with Crippen LogP contribution < -0.4 is 10.1 Å². The number of aliphatic hydroxyl groups excluding tert-OH is 1. The zero-order chi connectivity index (χ0) is 17.1. The first-order chi connectivity index (χ1) is 11.6. The van der Waals surface area contributed by atoms with Gasteiger partial charge in [-0.25, -0.2) is 0 Å². The number of rotatable bonds is 5. The number of carbonyl (C=O) groups excluding carboxylic acids is 1. The van der Waals surface area contributed by atoms with Crippen LogP contribution in [0.3, 0.4) is 0 Å². The molecular formula is C19H28N2O3. The molecule has 24 heavy (non-hydrogen) atoms. The largest absolute Gasteiger partial charge is 0.488 e. The summed E-state index contributed by atoms with van der Waals surface area (Å²) in [4.78, 5) is 14.5. The highest BCUT2D eigenvalue weighted by atomic mass is 16.5. The third kappa shape index (κ3) is 3.73. The molecule has 1 heterocycles. The molecule has 2 aliphatic rings. The van der Waals surface area contributed by atoms with E-state index in [1.165, 1.54) is 0 Å². The van der Waals surface area contributed by atoms with E-state index >= 15 is 0 Å². The van der Waals surface area contributed by atoms with E-state index in [-0.39, 0.29) is 30.0 Å². The Morgan fingerprint density at radius 3 is 2.54 bits per heavy atom. The van der Waals surface area contributed by atoms with Gasteiger partial charge in [0.05, 0.1) is 12.1 Å². The van der Waals surface area contributed by atoms with Gasteiger partial charge in [-0.05, 0) is 38.1 Å². The number of benzene rings is 1. The molecule has 2 fully saturated rings. The number of carbonyl (C=O) groups is 1. The van der Waals surface area contributed by atoms with Crippen LogP contribution in [0.2, 0.25) is 0 Å². The summed E-state index contributed by atoms with van der Waals surface area (Å²) in [6, 6.07) is 9.45. The molecule has 1 saturated heterocycles. The van der Waals surface area contributed by atoms with Crippen LogP contribution in [-0.2, 0) is 4.79 Å². The lowest BCUT2D eigenvalue weighted by Crippen LogP contribution is -2.53. The van der Waals surface area contributed by atoms with E-state index in [2.05, 4.69) is 10.2 Å². The van der Waals surface area contributed by atoms with E-state index in [1.54, 1.807) is 0 Å². The Bertz CT molecular complexity index is 543. The molecule has 1 amide bonds. The summed E-state index contributed by atoms with van der Waals surface area (Å²) in [5.74, 6) is 0.741. The van der Waals surface area contributed by atoms with Crippen molar-refractivity contribution in [2.24, 2.45) is 5.92 Å². The minimum absolute atomic E-state index is 0.0387. The van der Waals surface area contributed by atoms with Crippen molar-refractivity contribution in [3.05, 3.63) is 30.3 Å². The van der Waals surface area contributed by atoms with Crippen molar-refractivity contribution in [2.45, 2.75) is 57.4 Å². The Morgan fingerprint density at radius 1 is 1.25 bits per heavy atom.